The molecule has 0 aliphatic rings. The smallest absolute Gasteiger partial charge is 0.326 e. The van der Waals surface area contributed by atoms with Crippen LogP contribution in [0.5, 0.6) is 0 Å². The molecule has 0 rings (SSSR count). The van der Waals surface area contributed by atoms with E-state index >= 15 is 0 Å². The van der Waals surface area contributed by atoms with Crippen LogP contribution >= 0.6 is 0 Å². The molecular weight excluding hydrogens is 214 g/mol. The van der Waals surface area contributed by atoms with Crippen molar-refractivity contribution in [3.8, 4) is 0 Å². The van der Waals surface area contributed by atoms with E-state index in [2.05, 4.69) is 5.32 Å². The van der Waals surface area contributed by atoms with E-state index in [0.29, 0.717) is 13.2 Å². The number of carbonyl (C=O) groups is 2. The van der Waals surface area contributed by atoms with Gasteiger partial charge in [0.1, 0.15) is 12.6 Å². The molecule has 0 aromatic carbocycles. The summed E-state index contributed by atoms with van der Waals surface area (Å²) in [6.07, 6.45) is 0. The zero-order valence-electron chi connectivity index (χ0n) is 9.86. The lowest BCUT2D eigenvalue weighted by Gasteiger charge is -2.17. The lowest BCUT2D eigenvalue weighted by Crippen LogP contribution is -2.45. The summed E-state index contributed by atoms with van der Waals surface area (Å²) in [5, 5.41) is 11.2. The van der Waals surface area contributed by atoms with E-state index in [1.165, 1.54) is 7.11 Å². The Balaban J connectivity index is 3.87. The maximum Gasteiger partial charge on any atom is 0.326 e. The summed E-state index contributed by atoms with van der Waals surface area (Å²) in [7, 11) is 1.53. The Kier molecular flexibility index (Phi) is 7.49. The van der Waals surface area contributed by atoms with Gasteiger partial charge in [0.25, 0.3) is 0 Å². The van der Waals surface area contributed by atoms with Crippen molar-refractivity contribution in [2.75, 3.05) is 26.9 Å². The molecule has 6 heteroatoms. The normalized spacial score (nSPS) is 12.5. The average molecular weight is 233 g/mol. The van der Waals surface area contributed by atoms with Crippen molar-refractivity contribution in [2.45, 2.75) is 19.9 Å². The van der Waals surface area contributed by atoms with Crippen LogP contribution in [0.3, 0.4) is 0 Å². The standard InChI is InChI=1S/C10H19NO5/c1-7(2)9(10(13)14)11-8(12)6-16-5-4-15-3/h7,9H,4-6H2,1-3H3,(H,11,12)(H,13,14)/t9-/m1/s1. The van der Waals surface area contributed by atoms with Crippen LogP contribution in [-0.2, 0) is 19.1 Å². The van der Waals surface area contributed by atoms with E-state index < -0.39 is 17.9 Å². The van der Waals surface area contributed by atoms with Gasteiger partial charge < -0.3 is 19.9 Å². The van der Waals surface area contributed by atoms with Gasteiger partial charge in [-0.15, -0.1) is 0 Å². The molecule has 0 aliphatic carbocycles. The van der Waals surface area contributed by atoms with Gasteiger partial charge in [-0.3, -0.25) is 4.79 Å². The number of methoxy groups -OCH3 is 1. The molecule has 0 saturated carbocycles. The third-order valence-electron chi connectivity index (χ3n) is 1.91. The summed E-state index contributed by atoms with van der Waals surface area (Å²) in [5.41, 5.74) is 0. The van der Waals surface area contributed by atoms with Crippen LogP contribution in [0.25, 0.3) is 0 Å². The number of carboxylic acids is 1. The third kappa shape index (κ3) is 6.36. The predicted molar refractivity (Wildman–Crippen MR) is 57.1 cm³/mol. The van der Waals surface area contributed by atoms with Crippen molar-refractivity contribution < 1.29 is 24.2 Å². The minimum atomic E-state index is -1.04. The zero-order valence-corrected chi connectivity index (χ0v) is 9.86. The third-order valence-corrected chi connectivity index (χ3v) is 1.91. The average Bonchev–Trinajstić information content (AvgIpc) is 2.20. The Morgan fingerprint density at radius 1 is 1.31 bits per heavy atom. The van der Waals surface area contributed by atoms with Crippen molar-refractivity contribution in [3.63, 3.8) is 0 Å². The van der Waals surface area contributed by atoms with Gasteiger partial charge in [-0.25, -0.2) is 4.79 Å². The molecule has 1 atom stereocenters. The molecule has 0 bridgehead atoms. The number of aliphatic carboxylic acids is 1. The fourth-order valence-corrected chi connectivity index (χ4v) is 1.04. The van der Waals surface area contributed by atoms with E-state index in [1.54, 1.807) is 13.8 Å². The molecule has 16 heavy (non-hydrogen) atoms. The van der Waals surface area contributed by atoms with Crippen LogP contribution in [0.4, 0.5) is 0 Å². The van der Waals surface area contributed by atoms with E-state index in [-0.39, 0.29) is 12.5 Å². The first-order chi connectivity index (χ1) is 7.49. The summed E-state index contributed by atoms with van der Waals surface area (Å²) in [5.74, 6) is -1.64. The fourth-order valence-electron chi connectivity index (χ4n) is 1.04. The molecule has 0 saturated heterocycles. The second kappa shape index (κ2) is 8.06. The lowest BCUT2D eigenvalue weighted by molar-refractivity contribution is -0.143. The number of carbonyl (C=O) groups excluding carboxylic acids is 1. The van der Waals surface area contributed by atoms with Gasteiger partial charge in [0.15, 0.2) is 0 Å². The van der Waals surface area contributed by atoms with E-state index in [0.717, 1.165) is 0 Å². The summed E-state index contributed by atoms with van der Waals surface area (Å²) in [6.45, 7) is 4.01. The molecule has 0 aromatic heterocycles. The van der Waals surface area contributed by atoms with Gasteiger partial charge in [0.2, 0.25) is 5.91 Å². The largest absolute Gasteiger partial charge is 0.480 e. The molecular formula is C10H19NO5. The number of carboxylic acid groups (broad SMARTS) is 1. The van der Waals surface area contributed by atoms with Crippen LogP contribution in [0, 0.1) is 5.92 Å². The second-order valence-corrected chi connectivity index (χ2v) is 3.67. The summed E-state index contributed by atoms with van der Waals surface area (Å²) >= 11 is 0. The Bertz CT molecular complexity index is 229. The number of rotatable bonds is 8. The van der Waals surface area contributed by atoms with Crippen molar-refractivity contribution in [2.24, 2.45) is 5.92 Å². The van der Waals surface area contributed by atoms with E-state index in [4.69, 9.17) is 14.6 Å². The first-order valence-electron chi connectivity index (χ1n) is 5.08. The molecule has 0 aromatic rings. The quantitative estimate of drug-likeness (QED) is 0.571. The number of hydrogen-bond acceptors (Lipinski definition) is 4. The lowest BCUT2D eigenvalue weighted by atomic mass is 10.1. The summed E-state index contributed by atoms with van der Waals surface area (Å²) in [6, 6.07) is -0.876. The highest BCUT2D eigenvalue weighted by Gasteiger charge is 2.23. The van der Waals surface area contributed by atoms with Gasteiger partial charge in [-0.2, -0.15) is 0 Å². The van der Waals surface area contributed by atoms with Gasteiger partial charge in [-0.05, 0) is 5.92 Å². The molecule has 94 valence electrons. The molecule has 0 aliphatic heterocycles. The second-order valence-electron chi connectivity index (χ2n) is 3.67. The van der Waals surface area contributed by atoms with Crippen LogP contribution in [-0.4, -0.2) is 50.0 Å². The first kappa shape index (κ1) is 14.9. The molecule has 2 N–H and O–H groups in total. The molecule has 0 spiro atoms. The van der Waals surface area contributed by atoms with Crippen molar-refractivity contribution >= 4 is 11.9 Å². The van der Waals surface area contributed by atoms with Gasteiger partial charge in [0.05, 0.1) is 13.2 Å². The minimum Gasteiger partial charge on any atom is -0.480 e. The van der Waals surface area contributed by atoms with Crippen LogP contribution in [0.2, 0.25) is 0 Å². The number of hydrogen-bond donors (Lipinski definition) is 2. The molecule has 1 amide bonds. The Labute approximate surface area is 94.9 Å². The number of ether oxygens (including phenoxy) is 2. The number of amides is 1. The monoisotopic (exact) mass is 233 g/mol. The molecule has 0 unspecified atom stereocenters. The highest BCUT2D eigenvalue weighted by atomic mass is 16.5. The van der Waals surface area contributed by atoms with E-state index in [9.17, 15) is 9.59 Å². The minimum absolute atomic E-state index is 0.153. The summed E-state index contributed by atoms with van der Waals surface area (Å²) in [4.78, 5) is 22.1. The topological polar surface area (TPSA) is 84.9 Å². The Hall–Kier alpha value is -1.14. The maximum atomic E-state index is 11.3. The molecule has 0 radical (unpaired) electrons. The highest BCUT2D eigenvalue weighted by molar-refractivity contribution is 5.84. The Morgan fingerprint density at radius 2 is 1.94 bits per heavy atom. The number of nitrogens with one attached hydrogen (secondary N) is 1. The highest BCUT2D eigenvalue weighted by Crippen LogP contribution is 2.01. The Morgan fingerprint density at radius 3 is 2.38 bits per heavy atom. The predicted octanol–water partition coefficient (Wildman–Crippen LogP) is -0.125. The SMILES string of the molecule is COCCOCC(=O)N[C@@H](C(=O)O)C(C)C. The fraction of sp³-hybridized carbons (Fsp3) is 0.800. The van der Waals surface area contributed by atoms with Crippen molar-refractivity contribution in [1.82, 2.24) is 5.32 Å². The first-order valence-corrected chi connectivity index (χ1v) is 5.08. The van der Waals surface area contributed by atoms with Crippen LogP contribution in [0.1, 0.15) is 13.8 Å². The van der Waals surface area contributed by atoms with E-state index in [1.807, 2.05) is 0 Å². The van der Waals surface area contributed by atoms with Crippen LogP contribution in [0.15, 0.2) is 0 Å². The van der Waals surface area contributed by atoms with Crippen LogP contribution < -0.4 is 5.32 Å². The summed E-state index contributed by atoms with van der Waals surface area (Å²) < 4.78 is 9.70. The van der Waals surface area contributed by atoms with Gasteiger partial charge >= 0.3 is 5.97 Å². The molecule has 0 heterocycles. The van der Waals surface area contributed by atoms with Gasteiger partial charge in [0, 0.05) is 7.11 Å². The zero-order chi connectivity index (χ0) is 12.6. The molecule has 6 nitrogen and oxygen atoms in total. The molecule has 0 fully saturated rings. The maximum absolute atomic E-state index is 11.3. The van der Waals surface area contributed by atoms with Crippen molar-refractivity contribution in [3.05, 3.63) is 0 Å². The van der Waals surface area contributed by atoms with Gasteiger partial charge in [-0.1, -0.05) is 13.8 Å². The van der Waals surface area contributed by atoms with Crippen molar-refractivity contribution in [1.29, 1.82) is 0 Å².